The number of benzene rings is 1. The van der Waals surface area contributed by atoms with Gasteiger partial charge in [0, 0.05) is 5.92 Å². The third-order valence-corrected chi connectivity index (χ3v) is 4.09. The number of ether oxygens (including phenoxy) is 1. The van der Waals surface area contributed by atoms with Crippen LogP contribution in [-0.4, -0.2) is 36.3 Å². The van der Waals surface area contributed by atoms with Crippen LogP contribution in [0.2, 0.25) is 0 Å². The van der Waals surface area contributed by atoms with Gasteiger partial charge < -0.3 is 15.2 Å². The number of phenols is 1. The minimum atomic E-state index is -0.385. The quantitative estimate of drug-likeness (QED) is 0.518. The van der Waals surface area contributed by atoms with Crippen LogP contribution in [0, 0.1) is 5.92 Å². The third kappa shape index (κ3) is 6.10. The molecule has 0 aliphatic heterocycles. The van der Waals surface area contributed by atoms with Crippen LogP contribution in [0.15, 0.2) is 23.3 Å². The number of nitrogens with one attached hydrogen (secondary N) is 2. The molecule has 1 fully saturated rings. The van der Waals surface area contributed by atoms with E-state index in [-0.39, 0.29) is 30.0 Å². The molecule has 0 heterocycles. The molecule has 136 valence electrons. The van der Waals surface area contributed by atoms with Crippen LogP contribution < -0.4 is 15.5 Å². The van der Waals surface area contributed by atoms with Crippen molar-refractivity contribution >= 4 is 18.0 Å². The van der Waals surface area contributed by atoms with Crippen molar-refractivity contribution in [1.82, 2.24) is 10.7 Å². The van der Waals surface area contributed by atoms with Crippen molar-refractivity contribution in [1.29, 1.82) is 0 Å². The lowest BCUT2D eigenvalue weighted by molar-refractivity contribution is -0.129. The van der Waals surface area contributed by atoms with Crippen LogP contribution in [0.3, 0.4) is 0 Å². The van der Waals surface area contributed by atoms with Gasteiger partial charge in [-0.3, -0.25) is 9.59 Å². The Labute approximate surface area is 147 Å². The molecule has 7 nitrogen and oxygen atoms in total. The van der Waals surface area contributed by atoms with E-state index < -0.39 is 0 Å². The van der Waals surface area contributed by atoms with Crippen LogP contribution in [0.25, 0.3) is 0 Å². The number of rotatable bonds is 7. The average molecular weight is 347 g/mol. The Morgan fingerprint density at radius 2 is 2.08 bits per heavy atom. The lowest BCUT2D eigenvalue weighted by Crippen LogP contribution is -2.38. The summed E-state index contributed by atoms with van der Waals surface area (Å²) in [6, 6.07) is 4.77. The Bertz CT molecular complexity index is 625. The molecule has 0 atom stereocenters. The highest BCUT2D eigenvalue weighted by molar-refractivity contribution is 5.87. The fourth-order valence-corrected chi connectivity index (χ4v) is 2.78. The first-order valence-corrected chi connectivity index (χ1v) is 8.65. The molecule has 7 heteroatoms. The summed E-state index contributed by atoms with van der Waals surface area (Å²) in [7, 11) is 0. The highest BCUT2D eigenvalue weighted by Crippen LogP contribution is 2.26. The van der Waals surface area contributed by atoms with Gasteiger partial charge in [-0.2, -0.15) is 5.10 Å². The summed E-state index contributed by atoms with van der Waals surface area (Å²) in [4.78, 5) is 23.7. The number of hydrogen-bond donors (Lipinski definition) is 3. The fraction of sp³-hybridized carbons (Fsp3) is 0.500. The van der Waals surface area contributed by atoms with Crippen molar-refractivity contribution in [3.63, 3.8) is 0 Å². The molecule has 1 aromatic rings. The van der Waals surface area contributed by atoms with Gasteiger partial charge in [-0.25, -0.2) is 5.43 Å². The number of aromatic hydroxyl groups is 1. The minimum Gasteiger partial charge on any atom is -0.504 e. The first kappa shape index (κ1) is 18.8. The molecular weight excluding hydrogens is 322 g/mol. The Kier molecular flexibility index (Phi) is 7.25. The average Bonchev–Trinajstić information content (AvgIpc) is 2.63. The summed E-state index contributed by atoms with van der Waals surface area (Å²) in [5, 5.41) is 16.1. The monoisotopic (exact) mass is 347 g/mol. The summed E-state index contributed by atoms with van der Waals surface area (Å²) in [6.45, 7) is 2.17. The molecule has 1 aliphatic carbocycles. The smallest absolute Gasteiger partial charge is 0.259 e. The van der Waals surface area contributed by atoms with Crippen LogP contribution in [0.1, 0.15) is 44.6 Å². The SMILES string of the molecule is CCOc1cc(/C=N/NC(=O)CNC(=O)C2CCCCC2)ccc1O. The summed E-state index contributed by atoms with van der Waals surface area (Å²) in [5.41, 5.74) is 3.04. The minimum absolute atomic E-state index is 0.0269. The molecular formula is C18H25N3O4. The first-order chi connectivity index (χ1) is 12.1. The Balaban J connectivity index is 1.76. The summed E-state index contributed by atoms with van der Waals surface area (Å²) < 4.78 is 5.28. The predicted octanol–water partition coefficient (Wildman–Crippen LogP) is 1.94. The maximum atomic E-state index is 12.0. The molecule has 1 aliphatic rings. The molecule has 0 saturated heterocycles. The molecule has 2 rings (SSSR count). The zero-order valence-electron chi connectivity index (χ0n) is 14.5. The molecule has 0 bridgehead atoms. The van der Waals surface area contributed by atoms with E-state index in [1.54, 1.807) is 12.1 Å². The number of hydrogen-bond acceptors (Lipinski definition) is 5. The van der Waals surface area contributed by atoms with Crippen molar-refractivity contribution in [2.75, 3.05) is 13.2 Å². The molecule has 25 heavy (non-hydrogen) atoms. The van der Waals surface area contributed by atoms with E-state index in [1.807, 2.05) is 6.92 Å². The normalized spacial score (nSPS) is 15.1. The second-order valence-corrected chi connectivity index (χ2v) is 6.01. The Morgan fingerprint density at radius 3 is 2.80 bits per heavy atom. The van der Waals surface area contributed by atoms with E-state index in [0.717, 1.165) is 25.7 Å². The second-order valence-electron chi connectivity index (χ2n) is 6.01. The summed E-state index contributed by atoms with van der Waals surface area (Å²) >= 11 is 0. The van der Waals surface area contributed by atoms with Crippen molar-refractivity contribution in [2.45, 2.75) is 39.0 Å². The number of phenolic OH excluding ortho intramolecular Hbond substituents is 1. The molecule has 0 unspecified atom stereocenters. The number of carbonyl (C=O) groups excluding carboxylic acids is 2. The molecule has 2 amide bonds. The van der Waals surface area contributed by atoms with Gasteiger partial charge in [-0.15, -0.1) is 0 Å². The van der Waals surface area contributed by atoms with Gasteiger partial charge in [-0.1, -0.05) is 19.3 Å². The van der Waals surface area contributed by atoms with Gasteiger partial charge in [-0.05, 0) is 43.5 Å². The molecule has 1 aromatic carbocycles. The zero-order valence-corrected chi connectivity index (χ0v) is 14.5. The number of carbonyl (C=O) groups is 2. The topological polar surface area (TPSA) is 100 Å². The van der Waals surface area contributed by atoms with Crippen molar-refractivity contribution in [2.24, 2.45) is 11.0 Å². The maximum Gasteiger partial charge on any atom is 0.259 e. The van der Waals surface area contributed by atoms with Gasteiger partial charge in [0.05, 0.1) is 19.4 Å². The molecule has 3 N–H and O–H groups in total. The number of amides is 2. The lowest BCUT2D eigenvalue weighted by Gasteiger charge is -2.20. The first-order valence-electron chi connectivity index (χ1n) is 8.65. The molecule has 0 aromatic heterocycles. The van der Waals surface area contributed by atoms with E-state index >= 15 is 0 Å². The molecule has 1 saturated carbocycles. The van der Waals surface area contributed by atoms with E-state index in [9.17, 15) is 14.7 Å². The van der Waals surface area contributed by atoms with Crippen molar-refractivity contribution in [3.05, 3.63) is 23.8 Å². The standard InChI is InChI=1S/C18H25N3O4/c1-2-25-16-10-13(8-9-15(16)22)11-20-21-17(23)12-19-18(24)14-6-4-3-5-7-14/h8-11,14,22H,2-7,12H2,1H3,(H,19,24)(H,21,23)/b20-11+. The van der Waals surface area contributed by atoms with Gasteiger partial charge in [0.15, 0.2) is 11.5 Å². The van der Waals surface area contributed by atoms with Gasteiger partial charge in [0.25, 0.3) is 5.91 Å². The zero-order chi connectivity index (χ0) is 18.1. The van der Waals surface area contributed by atoms with Crippen molar-refractivity contribution < 1.29 is 19.4 Å². The fourth-order valence-electron chi connectivity index (χ4n) is 2.78. The second kappa shape index (κ2) is 9.66. The number of hydrazone groups is 1. The van der Waals surface area contributed by atoms with Crippen LogP contribution in [0.4, 0.5) is 0 Å². The van der Waals surface area contributed by atoms with E-state index in [4.69, 9.17) is 4.74 Å². The lowest BCUT2D eigenvalue weighted by atomic mass is 9.89. The molecule has 0 spiro atoms. The summed E-state index contributed by atoms with van der Waals surface area (Å²) in [6.07, 6.45) is 6.57. The van der Waals surface area contributed by atoms with Gasteiger partial charge >= 0.3 is 0 Å². The highest BCUT2D eigenvalue weighted by atomic mass is 16.5. The van der Waals surface area contributed by atoms with E-state index in [2.05, 4.69) is 15.8 Å². The maximum absolute atomic E-state index is 12.0. The highest BCUT2D eigenvalue weighted by Gasteiger charge is 2.21. The van der Waals surface area contributed by atoms with Gasteiger partial charge in [0.1, 0.15) is 0 Å². The Hall–Kier alpha value is -2.57. The summed E-state index contributed by atoms with van der Waals surface area (Å²) in [5.74, 6) is -0.00652. The largest absolute Gasteiger partial charge is 0.504 e. The molecule has 0 radical (unpaired) electrons. The van der Waals surface area contributed by atoms with Crippen LogP contribution >= 0.6 is 0 Å². The van der Waals surface area contributed by atoms with Crippen molar-refractivity contribution in [3.8, 4) is 11.5 Å². The van der Waals surface area contributed by atoms with Gasteiger partial charge in [0.2, 0.25) is 5.91 Å². The predicted molar refractivity (Wildman–Crippen MR) is 94.6 cm³/mol. The van der Waals surface area contributed by atoms with E-state index in [1.165, 1.54) is 18.7 Å². The van der Waals surface area contributed by atoms with Crippen LogP contribution in [-0.2, 0) is 9.59 Å². The van der Waals surface area contributed by atoms with E-state index in [0.29, 0.717) is 17.9 Å². The van der Waals surface area contributed by atoms with Crippen LogP contribution in [0.5, 0.6) is 11.5 Å². The Morgan fingerprint density at radius 1 is 1.32 bits per heavy atom. The number of nitrogens with zero attached hydrogens (tertiary/aromatic N) is 1. The third-order valence-electron chi connectivity index (χ3n) is 4.09.